The van der Waals surface area contributed by atoms with Gasteiger partial charge in [0.2, 0.25) is 0 Å². The summed E-state index contributed by atoms with van der Waals surface area (Å²) in [7, 11) is 3.58. The molecule has 164 valence electrons. The molecule has 1 fully saturated rings. The van der Waals surface area contributed by atoms with Gasteiger partial charge in [-0.25, -0.2) is 4.79 Å². The van der Waals surface area contributed by atoms with Gasteiger partial charge in [0.1, 0.15) is 0 Å². The van der Waals surface area contributed by atoms with Crippen LogP contribution in [0.1, 0.15) is 5.56 Å². The summed E-state index contributed by atoms with van der Waals surface area (Å²) in [5.74, 6) is 0. The Kier molecular flexibility index (Phi) is 5.19. The molecule has 2 aromatic carbocycles. The molecule has 32 heavy (non-hydrogen) atoms. The molecule has 2 aromatic heterocycles. The highest BCUT2D eigenvalue weighted by Gasteiger charge is 2.22. The van der Waals surface area contributed by atoms with Crippen LogP contribution in [0.25, 0.3) is 33.1 Å². The molecular formula is C25H27N5O2. The van der Waals surface area contributed by atoms with Crippen molar-refractivity contribution >= 4 is 27.8 Å². The average molecular weight is 430 g/mol. The molecule has 0 saturated carbocycles. The molecule has 0 atom stereocenters. The first kappa shape index (κ1) is 20.3. The van der Waals surface area contributed by atoms with Crippen LogP contribution in [0.5, 0.6) is 0 Å². The SMILES string of the molecule is CN(C)C(=O)N1CCN(Cc2ccc3[nH]c(-c4cc5ccccc5[nH]c4=O)cc3c2)CC1. The van der Waals surface area contributed by atoms with Crippen LogP contribution in [-0.2, 0) is 6.54 Å². The number of amides is 2. The Labute approximate surface area is 186 Å². The van der Waals surface area contributed by atoms with Gasteiger partial charge in [-0.1, -0.05) is 24.3 Å². The van der Waals surface area contributed by atoms with Crippen molar-refractivity contribution in [3.05, 3.63) is 70.5 Å². The lowest BCUT2D eigenvalue weighted by atomic mass is 10.1. The van der Waals surface area contributed by atoms with Crippen molar-refractivity contribution in [2.75, 3.05) is 40.3 Å². The minimum absolute atomic E-state index is 0.0783. The first-order valence-corrected chi connectivity index (χ1v) is 10.9. The van der Waals surface area contributed by atoms with Gasteiger partial charge < -0.3 is 19.8 Å². The summed E-state index contributed by atoms with van der Waals surface area (Å²) >= 11 is 0. The molecule has 0 radical (unpaired) electrons. The topological polar surface area (TPSA) is 75.4 Å². The van der Waals surface area contributed by atoms with Crippen molar-refractivity contribution in [3.8, 4) is 11.3 Å². The van der Waals surface area contributed by atoms with E-state index in [1.54, 1.807) is 19.0 Å². The number of hydrogen-bond acceptors (Lipinski definition) is 3. The number of piperazine rings is 1. The third kappa shape index (κ3) is 3.87. The summed E-state index contributed by atoms with van der Waals surface area (Å²) in [6, 6.07) is 18.3. The summed E-state index contributed by atoms with van der Waals surface area (Å²) in [6.07, 6.45) is 0. The van der Waals surface area contributed by atoms with Crippen LogP contribution in [0, 0.1) is 0 Å². The summed E-state index contributed by atoms with van der Waals surface area (Å²) < 4.78 is 0. The fourth-order valence-electron chi connectivity index (χ4n) is 4.41. The molecule has 5 rings (SSSR count). The minimum atomic E-state index is -0.0966. The average Bonchev–Trinajstić information content (AvgIpc) is 3.21. The van der Waals surface area contributed by atoms with Gasteiger partial charge in [0, 0.05) is 63.2 Å². The van der Waals surface area contributed by atoms with E-state index < -0.39 is 0 Å². The molecule has 2 amide bonds. The predicted molar refractivity (Wildman–Crippen MR) is 128 cm³/mol. The number of rotatable bonds is 3. The molecule has 3 heterocycles. The van der Waals surface area contributed by atoms with Crippen LogP contribution < -0.4 is 5.56 Å². The van der Waals surface area contributed by atoms with E-state index in [4.69, 9.17) is 0 Å². The Hall–Kier alpha value is -3.58. The lowest BCUT2D eigenvalue weighted by Gasteiger charge is -2.36. The molecule has 0 aliphatic carbocycles. The van der Waals surface area contributed by atoms with Crippen LogP contribution in [-0.4, -0.2) is 71.0 Å². The van der Waals surface area contributed by atoms with Crippen LogP contribution in [0.2, 0.25) is 0 Å². The van der Waals surface area contributed by atoms with Crippen molar-refractivity contribution < 1.29 is 4.79 Å². The normalized spacial score (nSPS) is 14.9. The molecule has 1 saturated heterocycles. The number of carbonyl (C=O) groups is 1. The summed E-state index contributed by atoms with van der Waals surface area (Å²) in [5.41, 5.74) is 4.44. The first-order valence-electron chi connectivity index (χ1n) is 10.9. The van der Waals surface area contributed by atoms with Crippen LogP contribution in [0.3, 0.4) is 0 Å². The van der Waals surface area contributed by atoms with Crippen LogP contribution in [0.15, 0.2) is 59.4 Å². The quantitative estimate of drug-likeness (QED) is 0.524. The number of fused-ring (bicyclic) bond motifs is 2. The van der Waals surface area contributed by atoms with E-state index in [2.05, 4.69) is 33.1 Å². The second kappa shape index (κ2) is 8.16. The van der Waals surface area contributed by atoms with E-state index in [-0.39, 0.29) is 11.6 Å². The fourth-order valence-corrected chi connectivity index (χ4v) is 4.41. The first-order chi connectivity index (χ1) is 15.5. The molecule has 4 aromatic rings. The van der Waals surface area contributed by atoms with Gasteiger partial charge in [0.05, 0.1) is 11.3 Å². The number of carbonyl (C=O) groups excluding carboxylic acids is 1. The number of benzene rings is 2. The summed E-state index contributed by atoms with van der Waals surface area (Å²) in [4.78, 5) is 37.1. The number of nitrogens with one attached hydrogen (secondary N) is 2. The second-order valence-electron chi connectivity index (χ2n) is 8.64. The number of pyridine rings is 1. The van der Waals surface area contributed by atoms with Gasteiger partial charge in [-0.05, 0) is 41.3 Å². The van der Waals surface area contributed by atoms with Gasteiger partial charge in [0.15, 0.2) is 0 Å². The lowest BCUT2D eigenvalue weighted by Crippen LogP contribution is -2.51. The van der Waals surface area contributed by atoms with Gasteiger partial charge in [0.25, 0.3) is 5.56 Å². The number of para-hydroxylation sites is 1. The van der Waals surface area contributed by atoms with Crippen molar-refractivity contribution in [2.24, 2.45) is 0 Å². The van der Waals surface area contributed by atoms with E-state index in [1.807, 2.05) is 41.3 Å². The highest BCUT2D eigenvalue weighted by Crippen LogP contribution is 2.25. The van der Waals surface area contributed by atoms with E-state index in [1.165, 1.54) is 5.56 Å². The Morgan fingerprint density at radius 2 is 1.66 bits per heavy atom. The smallest absolute Gasteiger partial charge is 0.319 e. The molecule has 2 N–H and O–H groups in total. The molecule has 0 spiro atoms. The molecule has 1 aliphatic heterocycles. The highest BCUT2D eigenvalue weighted by atomic mass is 16.2. The van der Waals surface area contributed by atoms with Gasteiger partial charge in [-0.15, -0.1) is 0 Å². The van der Waals surface area contributed by atoms with E-state index in [0.29, 0.717) is 5.56 Å². The number of nitrogens with zero attached hydrogens (tertiary/aromatic N) is 3. The highest BCUT2D eigenvalue weighted by molar-refractivity contribution is 5.89. The van der Waals surface area contributed by atoms with Crippen molar-refractivity contribution in [2.45, 2.75) is 6.54 Å². The maximum Gasteiger partial charge on any atom is 0.319 e. The Balaban J connectivity index is 1.35. The third-order valence-electron chi connectivity index (χ3n) is 6.16. The number of aromatic nitrogens is 2. The Bertz CT molecular complexity index is 1350. The minimum Gasteiger partial charge on any atom is -0.354 e. The fraction of sp³-hybridized carbons (Fsp3) is 0.280. The maximum atomic E-state index is 12.6. The Morgan fingerprint density at radius 1 is 0.906 bits per heavy atom. The maximum absolute atomic E-state index is 12.6. The van der Waals surface area contributed by atoms with E-state index in [9.17, 15) is 9.59 Å². The van der Waals surface area contributed by atoms with Crippen LogP contribution in [0.4, 0.5) is 4.79 Å². The zero-order chi connectivity index (χ0) is 22.2. The lowest BCUT2D eigenvalue weighted by molar-refractivity contribution is 0.120. The largest absolute Gasteiger partial charge is 0.354 e. The molecular weight excluding hydrogens is 402 g/mol. The van der Waals surface area contributed by atoms with E-state index >= 15 is 0 Å². The van der Waals surface area contributed by atoms with Crippen molar-refractivity contribution in [1.82, 2.24) is 24.7 Å². The summed E-state index contributed by atoms with van der Waals surface area (Å²) in [6.45, 7) is 4.07. The zero-order valence-electron chi connectivity index (χ0n) is 18.4. The Morgan fingerprint density at radius 3 is 2.44 bits per heavy atom. The van der Waals surface area contributed by atoms with Crippen LogP contribution >= 0.6 is 0 Å². The second-order valence-corrected chi connectivity index (χ2v) is 8.64. The molecule has 0 bridgehead atoms. The standard InChI is InChI=1S/C25H27N5O2/c1-28(2)25(32)30-11-9-29(10-12-30)16-17-7-8-22-19(13-17)15-23(26-22)20-14-18-5-3-4-6-21(18)27-24(20)31/h3-8,13-15,26H,9-12,16H2,1-2H3,(H,27,31). The van der Waals surface area contributed by atoms with Crippen molar-refractivity contribution in [1.29, 1.82) is 0 Å². The number of H-pyrrole nitrogens is 2. The molecule has 1 aliphatic rings. The molecule has 0 unspecified atom stereocenters. The van der Waals surface area contributed by atoms with Crippen molar-refractivity contribution in [3.63, 3.8) is 0 Å². The zero-order valence-corrected chi connectivity index (χ0v) is 18.4. The molecule has 7 nitrogen and oxygen atoms in total. The molecule has 7 heteroatoms. The predicted octanol–water partition coefficient (Wildman–Crippen LogP) is 3.48. The number of hydrogen-bond donors (Lipinski definition) is 2. The number of aromatic amines is 2. The number of urea groups is 1. The third-order valence-corrected chi connectivity index (χ3v) is 6.16. The summed E-state index contributed by atoms with van der Waals surface area (Å²) in [5, 5.41) is 2.10. The van der Waals surface area contributed by atoms with Gasteiger partial charge in [-0.2, -0.15) is 0 Å². The van der Waals surface area contributed by atoms with Gasteiger partial charge >= 0.3 is 6.03 Å². The van der Waals surface area contributed by atoms with E-state index in [0.717, 1.165) is 60.2 Å². The van der Waals surface area contributed by atoms with Gasteiger partial charge in [-0.3, -0.25) is 9.69 Å². The monoisotopic (exact) mass is 429 g/mol.